The normalized spacial score (nSPS) is 22.9. The zero-order chi connectivity index (χ0) is 22.0. The number of benzene rings is 1. The summed E-state index contributed by atoms with van der Waals surface area (Å²) in [5.74, 6) is -1.01. The number of H-pyrrole nitrogens is 1. The highest BCUT2D eigenvalue weighted by atomic mass is 16.5. The molecular formula is C23H27N5O3. The monoisotopic (exact) mass is 421 g/mol. The fourth-order valence-corrected chi connectivity index (χ4v) is 4.70. The molecule has 8 nitrogen and oxygen atoms in total. The van der Waals surface area contributed by atoms with Crippen molar-refractivity contribution in [2.24, 2.45) is 5.92 Å². The number of nitrogens with one attached hydrogen (secondary N) is 2. The summed E-state index contributed by atoms with van der Waals surface area (Å²) in [6.45, 7) is 5.23. The van der Waals surface area contributed by atoms with E-state index in [-0.39, 0.29) is 11.4 Å². The molecule has 0 radical (unpaired) electrons. The van der Waals surface area contributed by atoms with Gasteiger partial charge in [-0.05, 0) is 38.7 Å². The number of carbonyl (C=O) groups is 1. The molecule has 1 aromatic carbocycles. The Kier molecular flexibility index (Phi) is 5.94. The zero-order valence-electron chi connectivity index (χ0n) is 17.9. The first-order chi connectivity index (χ1) is 15.1. The number of nitriles is 1. The Bertz CT molecular complexity index is 1070. The number of anilines is 2. The quantitative estimate of drug-likeness (QED) is 0.767. The van der Waals surface area contributed by atoms with Gasteiger partial charge in [0.15, 0.2) is 0 Å². The molecule has 162 valence electrons. The first kappa shape index (κ1) is 20.9. The Hall–Kier alpha value is -3.34. The molecule has 4 rings (SSSR count). The van der Waals surface area contributed by atoms with E-state index in [1.165, 1.54) is 0 Å². The number of carbonyl (C=O) groups excluding carboxylic acids is 1. The maximum Gasteiger partial charge on any atom is 0.258 e. The van der Waals surface area contributed by atoms with E-state index in [1.807, 2.05) is 19.1 Å². The maximum absolute atomic E-state index is 13.3. The standard InChI is InChI=1S/C23H27N5O3/c1-3-14-9-7-8-12-28(14)23-26-20-19(22(30)27-23)18(16(13-24)21(29)25-20)15-10-5-6-11-17(15)31-4-2/h5-6,10-11,14,16,18H,3-4,7-9,12H2,1-2H3,(H2,25,26,27,29,30). The van der Waals surface area contributed by atoms with Crippen molar-refractivity contribution in [1.82, 2.24) is 9.97 Å². The second-order valence-corrected chi connectivity index (χ2v) is 7.95. The Labute approximate surface area is 181 Å². The first-order valence-electron chi connectivity index (χ1n) is 10.9. The molecular weight excluding hydrogens is 394 g/mol. The van der Waals surface area contributed by atoms with Crippen molar-refractivity contribution in [2.45, 2.75) is 51.5 Å². The number of piperidine rings is 1. The highest BCUT2D eigenvalue weighted by Gasteiger charge is 2.42. The van der Waals surface area contributed by atoms with Crippen molar-refractivity contribution in [1.29, 1.82) is 5.26 Å². The van der Waals surface area contributed by atoms with Crippen LogP contribution in [0.25, 0.3) is 0 Å². The van der Waals surface area contributed by atoms with E-state index in [0.29, 0.717) is 35.5 Å². The SMILES string of the molecule is CCOc1ccccc1C1c2c(nc(N3CCCCC3CC)[nH]c2=O)NC(=O)C1C#N. The lowest BCUT2D eigenvalue weighted by Crippen LogP contribution is -2.43. The van der Waals surface area contributed by atoms with E-state index in [1.54, 1.807) is 12.1 Å². The van der Waals surface area contributed by atoms with Crippen LogP contribution in [-0.2, 0) is 4.79 Å². The highest BCUT2D eigenvalue weighted by Crippen LogP contribution is 2.42. The Morgan fingerprint density at radius 1 is 1.26 bits per heavy atom. The van der Waals surface area contributed by atoms with Gasteiger partial charge in [0.2, 0.25) is 11.9 Å². The van der Waals surface area contributed by atoms with E-state index in [9.17, 15) is 14.9 Å². The number of hydrogen-bond acceptors (Lipinski definition) is 6. The predicted octanol–water partition coefficient (Wildman–Crippen LogP) is 3.16. The minimum atomic E-state index is -1.05. The van der Waals surface area contributed by atoms with Gasteiger partial charge in [0, 0.05) is 24.1 Å². The van der Waals surface area contributed by atoms with Crippen molar-refractivity contribution < 1.29 is 9.53 Å². The third kappa shape index (κ3) is 3.76. The van der Waals surface area contributed by atoms with Crippen LogP contribution in [0.5, 0.6) is 5.75 Å². The lowest BCUT2D eigenvalue weighted by molar-refractivity contribution is -0.119. The van der Waals surface area contributed by atoms with Gasteiger partial charge in [0.25, 0.3) is 5.56 Å². The van der Waals surface area contributed by atoms with E-state index >= 15 is 0 Å². The van der Waals surface area contributed by atoms with Crippen LogP contribution in [0.1, 0.15) is 56.6 Å². The molecule has 0 bridgehead atoms. The number of amides is 1. The summed E-state index contributed by atoms with van der Waals surface area (Å²) >= 11 is 0. The van der Waals surface area contributed by atoms with Crippen molar-refractivity contribution in [2.75, 3.05) is 23.4 Å². The van der Waals surface area contributed by atoms with Gasteiger partial charge in [0.1, 0.15) is 17.5 Å². The number of ether oxygens (including phenoxy) is 1. The van der Waals surface area contributed by atoms with Gasteiger partial charge in [-0.2, -0.15) is 10.2 Å². The van der Waals surface area contributed by atoms with Crippen LogP contribution in [0.2, 0.25) is 0 Å². The first-order valence-corrected chi connectivity index (χ1v) is 10.9. The molecule has 1 fully saturated rings. The summed E-state index contributed by atoms with van der Waals surface area (Å²) in [6.07, 6.45) is 4.18. The Balaban J connectivity index is 1.86. The Morgan fingerprint density at radius 2 is 2.06 bits per heavy atom. The summed E-state index contributed by atoms with van der Waals surface area (Å²) in [4.78, 5) is 35.9. The van der Waals surface area contributed by atoms with Crippen LogP contribution < -0.4 is 20.5 Å². The summed E-state index contributed by atoms with van der Waals surface area (Å²) in [6, 6.07) is 9.60. The van der Waals surface area contributed by atoms with E-state index in [2.05, 4.69) is 33.2 Å². The molecule has 8 heteroatoms. The molecule has 3 atom stereocenters. The number of nitrogens with zero attached hydrogens (tertiary/aromatic N) is 3. The topological polar surface area (TPSA) is 111 Å². The smallest absolute Gasteiger partial charge is 0.258 e. The molecule has 1 saturated heterocycles. The molecule has 2 aliphatic heterocycles. The number of hydrogen-bond donors (Lipinski definition) is 2. The molecule has 2 aliphatic rings. The van der Waals surface area contributed by atoms with Gasteiger partial charge >= 0.3 is 0 Å². The number of rotatable bonds is 5. The summed E-state index contributed by atoms with van der Waals surface area (Å²) < 4.78 is 5.74. The fraction of sp³-hybridized carbons (Fsp3) is 0.478. The van der Waals surface area contributed by atoms with Crippen LogP contribution in [0.4, 0.5) is 11.8 Å². The van der Waals surface area contributed by atoms with Gasteiger partial charge < -0.3 is 15.0 Å². The minimum absolute atomic E-state index is 0.229. The average molecular weight is 422 g/mol. The number of fused-ring (bicyclic) bond motifs is 1. The summed E-state index contributed by atoms with van der Waals surface area (Å²) in [7, 11) is 0. The highest BCUT2D eigenvalue weighted by molar-refractivity contribution is 5.98. The fourth-order valence-electron chi connectivity index (χ4n) is 4.70. The molecule has 3 unspecified atom stereocenters. The van der Waals surface area contributed by atoms with Crippen LogP contribution in [0, 0.1) is 17.2 Å². The van der Waals surface area contributed by atoms with Gasteiger partial charge in [-0.1, -0.05) is 25.1 Å². The van der Waals surface area contributed by atoms with E-state index < -0.39 is 17.7 Å². The lowest BCUT2D eigenvalue weighted by Gasteiger charge is -2.36. The third-order valence-corrected chi connectivity index (χ3v) is 6.17. The summed E-state index contributed by atoms with van der Waals surface area (Å²) in [5, 5.41) is 12.5. The molecule has 1 amide bonds. The number of aromatic amines is 1. The van der Waals surface area contributed by atoms with Gasteiger partial charge in [-0.25, -0.2) is 0 Å². The van der Waals surface area contributed by atoms with E-state index in [0.717, 1.165) is 32.2 Å². The van der Waals surface area contributed by atoms with Gasteiger partial charge in [0.05, 0.1) is 18.2 Å². The average Bonchev–Trinajstić information content (AvgIpc) is 2.78. The van der Waals surface area contributed by atoms with Crippen molar-refractivity contribution >= 4 is 17.7 Å². The maximum atomic E-state index is 13.3. The van der Waals surface area contributed by atoms with Crippen LogP contribution in [0.15, 0.2) is 29.1 Å². The zero-order valence-corrected chi connectivity index (χ0v) is 17.9. The molecule has 2 N–H and O–H groups in total. The van der Waals surface area contributed by atoms with E-state index in [4.69, 9.17) is 4.74 Å². The second kappa shape index (κ2) is 8.80. The van der Waals surface area contributed by atoms with Crippen molar-refractivity contribution in [3.05, 3.63) is 45.7 Å². The molecule has 1 aromatic heterocycles. The second-order valence-electron chi connectivity index (χ2n) is 7.95. The lowest BCUT2D eigenvalue weighted by atomic mass is 9.79. The molecule has 31 heavy (non-hydrogen) atoms. The predicted molar refractivity (Wildman–Crippen MR) is 117 cm³/mol. The van der Waals surface area contributed by atoms with Crippen molar-refractivity contribution in [3.63, 3.8) is 0 Å². The molecule has 3 heterocycles. The third-order valence-electron chi connectivity index (χ3n) is 6.17. The summed E-state index contributed by atoms with van der Waals surface area (Å²) in [5.41, 5.74) is 0.598. The Morgan fingerprint density at radius 3 is 2.81 bits per heavy atom. The largest absolute Gasteiger partial charge is 0.494 e. The minimum Gasteiger partial charge on any atom is -0.494 e. The molecule has 2 aromatic rings. The van der Waals surface area contributed by atoms with Gasteiger partial charge in [-0.3, -0.25) is 14.6 Å². The molecule has 0 spiro atoms. The van der Waals surface area contributed by atoms with Crippen molar-refractivity contribution in [3.8, 4) is 11.8 Å². The van der Waals surface area contributed by atoms with Gasteiger partial charge in [-0.15, -0.1) is 0 Å². The van der Waals surface area contributed by atoms with Crippen LogP contribution in [0.3, 0.4) is 0 Å². The number of para-hydroxylation sites is 1. The molecule has 0 saturated carbocycles. The van der Waals surface area contributed by atoms with Crippen LogP contribution in [-0.4, -0.2) is 35.1 Å². The van der Waals surface area contributed by atoms with Crippen LogP contribution >= 0.6 is 0 Å². The number of aromatic nitrogens is 2. The molecule has 0 aliphatic carbocycles.